The summed E-state index contributed by atoms with van der Waals surface area (Å²) < 4.78 is 1.36. The largest absolute Gasteiger partial charge is 0.325 e. The van der Waals surface area contributed by atoms with Gasteiger partial charge in [-0.05, 0) is 30.3 Å². The van der Waals surface area contributed by atoms with E-state index < -0.39 is 0 Å². The number of aromatic nitrogens is 2. The normalized spacial score (nSPS) is 10.4. The number of anilines is 1. The van der Waals surface area contributed by atoms with Crippen LogP contribution in [0.2, 0.25) is 0 Å². The summed E-state index contributed by atoms with van der Waals surface area (Å²) in [5.74, 6) is -0.240. The molecule has 0 aliphatic heterocycles. The standard InChI is InChI=1S/C16H13N3O2S/c20-14(11-19-9-2-1-3-15(19)21)18-13-6-4-12(5-7-13)16-17-8-10-22-16/h1-10H,11H2,(H,18,20). The van der Waals surface area contributed by atoms with Crippen LogP contribution in [0.4, 0.5) is 5.69 Å². The second kappa shape index (κ2) is 6.36. The lowest BCUT2D eigenvalue weighted by Gasteiger charge is -2.07. The van der Waals surface area contributed by atoms with Crippen LogP contribution in [0.1, 0.15) is 0 Å². The fourth-order valence-corrected chi connectivity index (χ4v) is 2.65. The lowest BCUT2D eigenvalue weighted by atomic mass is 10.2. The number of pyridine rings is 1. The summed E-state index contributed by atoms with van der Waals surface area (Å²) in [7, 11) is 0. The Balaban J connectivity index is 1.67. The van der Waals surface area contributed by atoms with Gasteiger partial charge < -0.3 is 9.88 Å². The third kappa shape index (κ3) is 3.29. The minimum Gasteiger partial charge on any atom is -0.325 e. The molecule has 0 aliphatic rings. The molecule has 0 atom stereocenters. The average molecular weight is 311 g/mol. The van der Waals surface area contributed by atoms with Crippen molar-refractivity contribution in [3.05, 3.63) is 70.6 Å². The van der Waals surface area contributed by atoms with Gasteiger partial charge in [0.1, 0.15) is 11.6 Å². The van der Waals surface area contributed by atoms with Crippen molar-refractivity contribution in [1.82, 2.24) is 9.55 Å². The van der Waals surface area contributed by atoms with Crippen LogP contribution in [0.25, 0.3) is 10.6 Å². The summed E-state index contributed by atoms with van der Waals surface area (Å²) in [5, 5.41) is 5.63. The molecule has 0 bridgehead atoms. The van der Waals surface area contributed by atoms with Gasteiger partial charge in [0, 0.05) is 35.1 Å². The summed E-state index contributed by atoms with van der Waals surface area (Å²) in [6.45, 7) is -0.00605. The van der Waals surface area contributed by atoms with Gasteiger partial charge in [0.25, 0.3) is 5.56 Å². The second-order valence-electron chi connectivity index (χ2n) is 4.63. The predicted molar refractivity (Wildman–Crippen MR) is 86.9 cm³/mol. The van der Waals surface area contributed by atoms with Crippen molar-refractivity contribution >= 4 is 22.9 Å². The maximum Gasteiger partial charge on any atom is 0.250 e. The van der Waals surface area contributed by atoms with Crippen molar-refractivity contribution < 1.29 is 4.79 Å². The first-order valence-corrected chi connectivity index (χ1v) is 7.55. The van der Waals surface area contributed by atoms with Crippen LogP contribution in [0, 0.1) is 0 Å². The summed E-state index contributed by atoms with van der Waals surface area (Å²) in [6, 6.07) is 12.2. The van der Waals surface area contributed by atoms with E-state index in [0.717, 1.165) is 10.6 Å². The topological polar surface area (TPSA) is 64.0 Å². The fourth-order valence-electron chi connectivity index (χ4n) is 2.01. The quantitative estimate of drug-likeness (QED) is 0.805. The van der Waals surface area contributed by atoms with Crippen LogP contribution in [0.5, 0.6) is 0 Å². The Kier molecular flexibility index (Phi) is 4.11. The Morgan fingerprint density at radius 1 is 1.18 bits per heavy atom. The van der Waals surface area contributed by atoms with Gasteiger partial charge in [0.2, 0.25) is 5.91 Å². The maximum atomic E-state index is 12.0. The fraction of sp³-hybridized carbons (Fsp3) is 0.0625. The Hall–Kier alpha value is -2.73. The molecule has 1 aromatic carbocycles. The predicted octanol–water partition coefficient (Wildman–Crippen LogP) is 2.61. The first-order chi connectivity index (χ1) is 10.7. The number of nitrogens with one attached hydrogen (secondary N) is 1. The SMILES string of the molecule is O=C(Cn1ccccc1=O)Nc1ccc(-c2nccs2)cc1. The van der Waals surface area contributed by atoms with Crippen molar-refractivity contribution in [3.8, 4) is 10.6 Å². The molecule has 0 unspecified atom stereocenters. The van der Waals surface area contributed by atoms with E-state index in [9.17, 15) is 9.59 Å². The lowest BCUT2D eigenvalue weighted by Crippen LogP contribution is -2.26. The number of thiazole rings is 1. The zero-order valence-corrected chi connectivity index (χ0v) is 12.4. The number of benzene rings is 1. The highest BCUT2D eigenvalue weighted by molar-refractivity contribution is 7.13. The third-order valence-electron chi connectivity index (χ3n) is 3.06. The molecule has 2 heterocycles. The highest BCUT2D eigenvalue weighted by Crippen LogP contribution is 2.23. The molecule has 0 radical (unpaired) electrons. The molecule has 0 aliphatic carbocycles. The molecule has 0 saturated heterocycles. The number of carbonyl (C=O) groups is 1. The van der Waals surface area contributed by atoms with Crippen LogP contribution < -0.4 is 10.9 Å². The molecular weight excluding hydrogens is 298 g/mol. The van der Waals surface area contributed by atoms with Gasteiger partial charge in [-0.2, -0.15) is 0 Å². The molecule has 0 spiro atoms. The van der Waals surface area contributed by atoms with Gasteiger partial charge in [-0.15, -0.1) is 11.3 Å². The van der Waals surface area contributed by atoms with Crippen molar-refractivity contribution in [2.45, 2.75) is 6.54 Å². The second-order valence-corrected chi connectivity index (χ2v) is 5.52. The summed E-state index contributed by atoms with van der Waals surface area (Å²) in [6.07, 6.45) is 3.35. The van der Waals surface area contributed by atoms with Crippen LogP contribution >= 0.6 is 11.3 Å². The van der Waals surface area contributed by atoms with E-state index in [1.807, 2.05) is 29.6 Å². The van der Waals surface area contributed by atoms with Crippen molar-refractivity contribution in [2.24, 2.45) is 0 Å². The number of nitrogens with zero attached hydrogens (tertiary/aromatic N) is 2. The van der Waals surface area contributed by atoms with Crippen molar-refractivity contribution in [1.29, 1.82) is 0 Å². The van der Waals surface area contributed by atoms with Crippen molar-refractivity contribution in [3.63, 3.8) is 0 Å². The lowest BCUT2D eigenvalue weighted by molar-refractivity contribution is -0.116. The van der Waals surface area contributed by atoms with E-state index in [4.69, 9.17) is 0 Å². The number of hydrogen-bond acceptors (Lipinski definition) is 4. The summed E-state index contributed by atoms with van der Waals surface area (Å²) in [4.78, 5) is 27.8. The van der Waals surface area contributed by atoms with Gasteiger partial charge in [-0.25, -0.2) is 4.98 Å². The minimum absolute atomic E-state index is 0.00605. The van der Waals surface area contributed by atoms with E-state index in [1.54, 1.807) is 35.9 Å². The number of hydrogen-bond donors (Lipinski definition) is 1. The molecule has 1 N–H and O–H groups in total. The monoisotopic (exact) mass is 311 g/mol. The molecule has 6 heteroatoms. The van der Waals surface area contributed by atoms with E-state index in [-0.39, 0.29) is 18.0 Å². The Morgan fingerprint density at radius 3 is 2.68 bits per heavy atom. The Morgan fingerprint density at radius 2 is 2.00 bits per heavy atom. The molecule has 110 valence electrons. The summed E-state index contributed by atoms with van der Waals surface area (Å²) in [5.41, 5.74) is 1.50. The molecule has 3 aromatic rings. The van der Waals surface area contributed by atoms with Gasteiger partial charge in [0.15, 0.2) is 0 Å². The van der Waals surface area contributed by atoms with Crippen LogP contribution in [-0.4, -0.2) is 15.5 Å². The molecule has 22 heavy (non-hydrogen) atoms. The van der Waals surface area contributed by atoms with Crippen LogP contribution in [0.3, 0.4) is 0 Å². The van der Waals surface area contributed by atoms with E-state index in [1.165, 1.54) is 10.6 Å². The van der Waals surface area contributed by atoms with E-state index in [2.05, 4.69) is 10.3 Å². The molecule has 0 fully saturated rings. The van der Waals surface area contributed by atoms with E-state index >= 15 is 0 Å². The Labute approximate surface area is 130 Å². The van der Waals surface area contributed by atoms with Crippen LogP contribution in [0.15, 0.2) is 65.0 Å². The number of amides is 1. The molecule has 0 saturated carbocycles. The maximum absolute atomic E-state index is 12.0. The zero-order chi connectivity index (χ0) is 15.4. The highest BCUT2D eigenvalue weighted by Gasteiger charge is 2.05. The van der Waals surface area contributed by atoms with Gasteiger partial charge in [-0.1, -0.05) is 6.07 Å². The smallest absolute Gasteiger partial charge is 0.250 e. The first kappa shape index (κ1) is 14.2. The van der Waals surface area contributed by atoms with Gasteiger partial charge >= 0.3 is 0 Å². The van der Waals surface area contributed by atoms with Gasteiger partial charge in [0.05, 0.1) is 0 Å². The van der Waals surface area contributed by atoms with Crippen LogP contribution in [-0.2, 0) is 11.3 Å². The minimum atomic E-state index is -0.240. The molecule has 5 nitrogen and oxygen atoms in total. The Bertz CT molecular complexity index is 823. The molecule has 1 amide bonds. The first-order valence-electron chi connectivity index (χ1n) is 6.67. The molecular formula is C16H13N3O2S. The molecule has 2 aromatic heterocycles. The number of rotatable bonds is 4. The van der Waals surface area contributed by atoms with Crippen molar-refractivity contribution in [2.75, 3.05) is 5.32 Å². The summed E-state index contributed by atoms with van der Waals surface area (Å²) >= 11 is 1.56. The highest BCUT2D eigenvalue weighted by atomic mass is 32.1. The number of carbonyl (C=O) groups excluding carboxylic acids is 1. The molecule has 3 rings (SSSR count). The zero-order valence-electron chi connectivity index (χ0n) is 11.6. The van der Waals surface area contributed by atoms with E-state index in [0.29, 0.717) is 5.69 Å². The average Bonchev–Trinajstić information content (AvgIpc) is 3.05. The third-order valence-corrected chi connectivity index (χ3v) is 3.88. The van der Waals surface area contributed by atoms with Gasteiger partial charge in [-0.3, -0.25) is 9.59 Å².